The van der Waals surface area contributed by atoms with Gasteiger partial charge in [-0.05, 0) is 35.8 Å². The fourth-order valence-corrected chi connectivity index (χ4v) is 4.18. The largest absolute Gasteiger partial charge is 0.263 e. The minimum absolute atomic E-state index is 0.399. The van der Waals surface area contributed by atoms with E-state index in [9.17, 15) is 0 Å². The Kier molecular flexibility index (Phi) is 4.77. The van der Waals surface area contributed by atoms with Crippen LogP contribution in [0.4, 0.5) is 0 Å². The Morgan fingerprint density at radius 2 is 1.85 bits per heavy atom. The summed E-state index contributed by atoms with van der Waals surface area (Å²) in [7, 11) is -0.399. The van der Waals surface area contributed by atoms with Gasteiger partial charge in [-0.25, -0.2) is 6.08 Å². The summed E-state index contributed by atoms with van der Waals surface area (Å²) in [6.07, 6.45) is 17.2. The van der Waals surface area contributed by atoms with E-state index in [1.807, 2.05) is 36.8 Å². The minimum atomic E-state index is -0.399. The Hall–Kier alpha value is -2.96. The molecule has 2 aromatic heterocycles. The number of allylic oxidation sites excluding steroid dienone is 3. The fraction of sp³-hybridized carbons (Fsp3) is 0.0435. The van der Waals surface area contributed by atoms with E-state index in [1.165, 1.54) is 16.8 Å². The summed E-state index contributed by atoms with van der Waals surface area (Å²) in [6.45, 7) is 0. The topological polar surface area (TPSA) is 25.8 Å². The molecule has 0 radical (unpaired) electrons. The third-order valence-electron chi connectivity index (χ3n) is 4.38. The second kappa shape index (κ2) is 7.51. The van der Waals surface area contributed by atoms with Crippen LogP contribution in [0, 0.1) is 5.66 Å². The maximum Gasteiger partial charge on any atom is 0.0824 e. The monoisotopic (exact) mass is 354 g/mol. The molecule has 1 aliphatic rings. The van der Waals surface area contributed by atoms with Crippen LogP contribution in [0.3, 0.4) is 0 Å². The molecule has 0 amide bonds. The highest BCUT2D eigenvalue weighted by Crippen LogP contribution is 2.41. The van der Waals surface area contributed by atoms with Crippen molar-refractivity contribution in [1.29, 1.82) is 0 Å². The van der Waals surface area contributed by atoms with Crippen LogP contribution < -0.4 is 0 Å². The van der Waals surface area contributed by atoms with Crippen molar-refractivity contribution >= 4 is 13.8 Å². The van der Waals surface area contributed by atoms with Crippen LogP contribution in [-0.4, -0.2) is 16.3 Å². The minimum Gasteiger partial charge on any atom is -0.263 e. The lowest BCUT2D eigenvalue weighted by Crippen LogP contribution is -1.96. The Morgan fingerprint density at radius 1 is 0.923 bits per heavy atom. The molecule has 126 valence electrons. The maximum atomic E-state index is 4.42. The number of nitrogens with zero attached hydrogens (tertiary/aromatic N) is 2. The molecule has 0 aliphatic carbocycles. The average molecular weight is 354 g/mol. The lowest BCUT2D eigenvalue weighted by atomic mass is 10.0. The van der Waals surface area contributed by atoms with Crippen LogP contribution in [0.15, 0.2) is 91.2 Å². The predicted octanol–water partition coefficient (Wildman–Crippen LogP) is 5.88. The van der Waals surface area contributed by atoms with Crippen molar-refractivity contribution < 1.29 is 0 Å². The van der Waals surface area contributed by atoms with E-state index in [0.29, 0.717) is 0 Å². The summed E-state index contributed by atoms with van der Waals surface area (Å²) in [5.41, 5.74) is 6.96. The fourth-order valence-electron chi connectivity index (χ4n) is 3.01. The van der Waals surface area contributed by atoms with Crippen molar-refractivity contribution in [1.82, 2.24) is 9.97 Å². The molecule has 4 rings (SSSR count). The van der Waals surface area contributed by atoms with Crippen LogP contribution in [0.1, 0.15) is 5.56 Å². The molecule has 1 aromatic carbocycles. The first kappa shape index (κ1) is 16.5. The smallest absolute Gasteiger partial charge is 0.0824 e. The zero-order valence-corrected chi connectivity index (χ0v) is 15.3. The zero-order valence-electron chi connectivity index (χ0n) is 14.4. The van der Waals surface area contributed by atoms with E-state index in [4.69, 9.17) is 0 Å². The SMILES string of the molecule is C=[P+]1C=CC=C[C-]1Cc1cccc(-c2cncc(-c3ccccn3)c2)c1. The first-order valence-corrected chi connectivity index (χ1v) is 10.2. The van der Waals surface area contributed by atoms with Crippen molar-refractivity contribution in [3.63, 3.8) is 0 Å². The Bertz CT molecular complexity index is 990. The van der Waals surface area contributed by atoms with E-state index in [2.05, 4.69) is 70.6 Å². The quantitative estimate of drug-likeness (QED) is 0.432. The van der Waals surface area contributed by atoms with Gasteiger partial charge in [-0.15, -0.1) is 6.08 Å². The molecule has 0 spiro atoms. The standard InChI is InChI=1S/C23H19N2P/c1-26-12-5-3-9-22(26)14-18-7-6-8-19(13-18)20-15-21(17-24-16-20)23-10-2-4-11-25-23/h2-13,15-17H,1,14H2. The van der Waals surface area contributed by atoms with Crippen molar-refractivity contribution in [2.75, 3.05) is 0 Å². The van der Waals surface area contributed by atoms with Crippen LogP contribution >= 0.6 is 7.55 Å². The van der Waals surface area contributed by atoms with Gasteiger partial charge >= 0.3 is 0 Å². The lowest BCUT2D eigenvalue weighted by Gasteiger charge is -2.16. The molecular weight excluding hydrogens is 335 g/mol. The number of aromatic nitrogens is 2. The molecule has 26 heavy (non-hydrogen) atoms. The zero-order chi connectivity index (χ0) is 17.8. The van der Waals surface area contributed by atoms with Crippen LogP contribution in [0.25, 0.3) is 22.4 Å². The number of hydrogen-bond acceptors (Lipinski definition) is 2. The molecule has 0 fully saturated rings. The van der Waals surface area contributed by atoms with Crippen molar-refractivity contribution in [2.45, 2.75) is 6.42 Å². The highest BCUT2D eigenvalue weighted by molar-refractivity contribution is 7.62. The van der Waals surface area contributed by atoms with E-state index in [0.717, 1.165) is 23.2 Å². The van der Waals surface area contributed by atoms with E-state index >= 15 is 0 Å². The summed E-state index contributed by atoms with van der Waals surface area (Å²) >= 11 is 0. The molecule has 2 nitrogen and oxygen atoms in total. The Labute approximate surface area is 155 Å². The van der Waals surface area contributed by atoms with E-state index in [-0.39, 0.29) is 0 Å². The number of benzene rings is 1. The molecule has 0 N–H and O–H groups in total. The molecule has 3 heteroatoms. The van der Waals surface area contributed by atoms with Crippen LogP contribution in [0.5, 0.6) is 0 Å². The van der Waals surface area contributed by atoms with Crippen molar-refractivity contribution in [3.05, 3.63) is 102 Å². The Balaban J connectivity index is 1.62. The summed E-state index contributed by atoms with van der Waals surface area (Å²) < 4.78 is 0. The molecule has 3 heterocycles. The van der Waals surface area contributed by atoms with Crippen LogP contribution in [0.2, 0.25) is 0 Å². The second-order valence-corrected chi connectivity index (χ2v) is 8.03. The molecule has 0 saturated heterocycles. The lowest BCUT2D eigenvalue weighted by molar-refractivity contribution is 1.15. The normalized spacial score (nSPS) is 14.6. The molecule has 0 saturated carbocycles. The van der Waals surface area contributed by atoms with Gasteiger partial charge in [0.2, 0.25) is 0 Å². The summed E-state index contributed by atoms with van der Waals surface area (Å²) in [5.74, 6) is 2.20. The Morgan fingerprint density at radius 3 is 2.69 bits per heavy atom. The highest BCUT2D eigenvalue weighted by atomic mass is 31.1. The molecular formula is C23H19N2P. The first-order valence-electron chi connectivity index (χ1n) is 8.56. The van der Waals surface area contributed by atoms with Gasteiger partial charge in [0.05, 0.1) is 25.4 Å². The van der Waals surface area contributed by atoms with Gasteiger partial charge in [0.1, 0.15) is 0 Å². The molecule has 0 bridgehead atoms. The van der Waals surface area contributed by atoms with E-state index in [1.54, 1.807) is 0 Å². The van der Waals surface area contributed by atoms with Gasteiger partial charge < -0.3 is 0 Å². The molecule has 3 aromatic rings. The number of pyridine rings is 2. The van der Waals surface area contributed by atoms with Crippen LogP contribution in [-0.2, 0) is 6.42 Å². The predicted molar refractivity (Wildman–Crippen MR) is 112 cm³/mol. The molecule has 1 atom stereocenters. The maximum absolute atomic E-state index is 4.42. The first-order chi connectivity index (χ1) is 12.8. The second-order valence-electron chi connectivity index (χ2n) is 6.22. The van der Waals surface area contributed by atoms with Crippen molar-refractivity contribution in [3.8, 4) is 22.4 Å². The molecule has 1 aliphatic heterocycles. The summed E-state index contributed by atoms with van der Waals surface area (Å²) in [6, 6.07) is 16.8. The van der Waals surface area contributed by atoms with Crippen molar-refractivity contribution in [2.24, 2.45) is 0 Å². The highest BCUT2D eigenvalue weighted by Gasteiger charge is 2.12. The number of rotatable bonds is 4. The van der Waals surface area contributed by atoms with Gasteiger partial charge in [0.25, 0.3) is 0 Å². The average Bonchev–Trinajstić information content (AvgIpc) is 2.71. The van der Waals surface area contributed by atoms with Gasteiger partial charge in [0, 0.05) is 29.7 Å². The van der Waals surface area contributed by atoms with E-state index < -0.39 is 7.55 Å². The summed E-state index contributed by atoms with van der Waals surface area (Å²) in [4.78, 5) is 8.85. The molecule has 1 unspecified atom stereocenters. The van der Waals surface area contributed by atoms with Gasteiger partial charge in [-0.1, -0.05) is 35.9 Å². The number of hydrogen-bond donors (Lipinski definition) is 0. The third-order valence-corrected chi connectivity index (χ3v) is 5.96. The summed E-state index contributed by atoms with van der Waals surface area (Å²) in [5, 5.41) is 0. The van der Waals surface area contributed by atoms with Gasteiger partial charge in [-0.2, -0.15) is 6.08 Å². The van der Waals surface area contributed by atoms with Gasteiger partial charge in [0.15, 0.2) is 0 Å². The van der Waals surface area contributed by atoms with Gasteiger partial charge in [-0.3, -0.25) is 9.97 Å². The third kappa shape index (κ3) is 3.66.